The fourth-order valence-corrected chi connectivity index (χ4v) is 3.40. The third kappa shape index (κ3) is 5.44. The summed E-state index contributed by atoms with van der Waals surface area (Å²) in [5.41, 5.74) is 1.58. The molecule has 0 radical (unpaired) electrons. The second kappa shape index (κ2) is 8.95. The van der Waals surface area contributed by atoms with Gasteiger partial charge in [-0.2, -0.15) is 13.2 Å². The molecule has 5 nitrogen and oxygen atoms in total. The topological polar surface area (TPSA) is 47.6 Å². The van der Waals surface area contributed by atoms with Crippen molar-refractivity contribution >= 4 is 23.0 Å². The number of piperazine rings is 1. The van der Waals surface area contributed by atoms with E-state index in [0.29, 0.717) is 5.69 Å². The lowest BCUT2D eigenvalue weighted by molar-refractivity contribution is -0.137. The van der Waals surface area contributed by atoms with Gasteiger partial charge in [0, 0.05) is 43.5 Å². The molecule has 2 aromatic rings. The third-order valence-electron chi connectivity index (χ3n) is 4.99. The van der Waals surface area contributed by atoms with E-state index in [1.54, 1.807) is 6.07 Å². The quantitative estimate of drug-likeness (QED) is 0.746. The van der Waals surface area contributed by atoms with Gasteiger partial charge in [-0.1, -0.05) is 6.07 Å². The molecule has 1 aliphatic rings. The van der Waals surface area contributed by atoms with Crippen LogP contribution in [0.1, 0.15) is 29.8 Å². The molecule has 0 saturated carbocycles. The Balaban J connectivity index is 1.81. The number of halogens is 3. The zero-order valence-corrected chi connectivity index (χ0v) is 17.4. The SMILES string of the molecule is CC(C)Nc1cc(NC(=O)c2cccc(C(F)(F)F)c2)ccc1N1CCN(C)CC1. The molecule has 162 valence electrons. The predicted octanol–water partition coefficient (Wildman–Crippen LogP) is 4.53. The molecule has 8 heteroatoms. The van der Waals surface area contributed by atoms with Gasteiger partial charge in [0.15, 0.2) is 0 Å². The summed E-state index contributed by atoms with van der Waals surface area (Å²) < 4.78 is 38.8. The van der Waals surface area contributed by atoms with E-state index in [0.717, 1.165) is 49.7 Å². The van der Waals surface area contributed by atoms with Gasteiger partial charge < -0.3 is 20.4 Å². The number of likely N-dealkylation sites (N-methyl/N-ethyl adjacent to an activating group) is 1. The largest absolute Gasteiger partial charge is 0.416 e. The van der Waals surface area contributed by atoms with Gasteiger partial charge in [0.25, 0.3) is 5.91 Å². The molecule has 0 atom stereocenters. The summed E-state index contributed by atoms with van der Waals surface area (Å²) >= 11 is 0. The maximum absolute atomic E-state index is 12.9. The van der Waals surface area contributed by atoms with Crippen LogP contribution >= 0.6 is 0 Å². The van der Waals surface area contributed by atoms with E-state index in [1.807, 2.05) is 26.0 Å². The van der Waals surface area contributed by atoms with Crippen LogP contribution in [0.2, 0.25) is 0 Å². The minimum Gasteiger partial charge on any atom is -0.381 e. The summed E-state index contributed by atoms with van der Waals surface area (Å²) in [6, 6.07) is 10.2. The smallest absolute Gasteiger partial charge is 0.381 e. The number of hydrogen-bond acceptors (Lipinski definition) is 4. The number of carbonyl (C=O) groups excluding carboxylic acids is 1. The first kappa shape index (κ1) is 22.0. The van der Waals surface area contributed by atoms with E-state index in [9.17, 15) is 18.0 Å². The number of carbonyl (C=O) groups is 1. The zero-order valence-electron chi connectivity index (χ0n) is 17.4. The Morgan fingerprint density at radius 1 is 1.03 bits per heavy atom. The maximum atomic E-state index is 12.9. The Kier molecular flexibility index (Phi) is 6.55. The average Bonchev–Trinajstić information content (AvgIpc) is 2.68. The number of nitrogens with zero attached hydrogens (tertiary/aromatic N) is 2. The summed E-state index contributed by atoms with van der Waals surface area (Å²) in [6.45, 7) is 7.80. The summed E-state index contributed by atoms with van der Waals surface area (Å²) in [6.07, 6.45) is -4.49. The van der Waals surface area contributed by atoms with Crippen LogP contribution in [0, 0.1) is 0 Å². The Hall–Kier alpha value is -2.74. The van der Waals surface area contributed by atoms with Crippen molar-refractivity contribution in [3.63, 3.8) is 0 Å². The van der Waals surface area contributed by atoms with Crippen molar-refractivity contribution in [1.82, 2.24) is 4.90 Å². The van der Waals surface area contributed by atoms with Crippen molar-refractivity contribution in [2.24, 2.45) is 0 Å². The maximum Gasteiger partial charge on any atom is 0.416 e. The number of hydrogen-bond donors (Lipinski definition) is 2. The summed E-state index contributed by atoms with van der Waals surface area (Å²) in [4.78, 5) is 17.1. The normalized spacial score (nSPS) is 15.4. The molecule has 1 heterocycles. The highest BCUT2D eigenvalue weighted by molar-refractivity contribution is 6.04. The standard InChI is InChI=1S/C22H27F3N4O/c1-15(2)26-19-14-18(7-8-20(19)29-11-9-28(3)10-12-29)27-21(30)16-5-4-6-17(13-16)22(23,24)25/h4-8,13-15,26H,9-12H2,1-3H3,(H,27,30). The number of alkyl halides is 3. The minimum absolute atomic E-state index is 0.0358. The molecule has 0 aromatic heterocycles. The van der Waals surface area contributed by atoms with E-state index >= 15 is 0 Å². The van der Waals surface area contributed by atoms with Gasteiger partial charge in [0.2, 0.25) is 0 Å². The van der Waals surface area contributed by atoms with Crippen LogP contribution in [0.15, 0.2) is 42.5 Å². The number of nitrogens with one attached hydrogen (secondary N) is 2. The lowest BCUT2D eigenvalue weighted by Gasteiger charge is -2.35. The van der Waals surface area contributed by atoms with Gasteiger partial charge in [-0.15, -0.1) is 0 Å². The monoisotopic (exact) mass is 420 g/mol. The Bertz CT molecular complexity index is 890. The van der Waals surface area contributed by atoms with Crippen molar-refractivity contribution in [2.75, 3.05) is 48.8 Å². The highest BCUT2D eigenvalue weighted by Gasteiger charge is 2.31. The van der Waals surface area contributed by atoms with Crippen molar-refractivity contribution < 1.29 is 18.0 Å². The number of benzene rings is 2. The number of amides is 1. The van der Waals surface area contributed by atoms with Gasteiger partial charge in [0.05, 0.1) is 16.9 Å². The van der Waals surface area contributed by atoms with Crippen LogP contribution in [-0.4, -0.2) is 50.1 Å². The second-order valence-electron chi connectivity index (χ2n) is 7.85. The Morgan fingerprint density at radius 3 is 2.37 bits per heavy atom. The summed E-state index contributed by atoms with van der Waals surface area (Å²) in [5, 5.41) is 6.12. The molecule has 2 N–H and O–H groups in total. The first-order chi connectivity index (χ1) is 14.1. The van der Waals surface area contributed by atoms with Crippen LogP contribution < -0.4 is 15.5 Å². The number of rotatable bonds is 5. The van der Waals surface area contributed by atoms with Crippen molar-refractivity contribution in [3.05, 3.63) is 53.6 Å². The molecular formula is C22H27F3N4O. The van der Waals surface area contributed by atoms with Gasteiger partial charge in [0.1, 0.15) is 0 Å². The Labute approximate surface area is 174 Å². The second-order valence-corrected chi connectivity index (χ2v) is 7.85. The van der Waals surface area contributed by atoms with Crippen molar-refractivity contribution in [2.45, 2.75) is 26.1 Å². The molecule has 0 bridgehead atoms. The average molecular weight is 420 g/mol. The highest BCUT2D eigenvalue weighted by Crippen LogP contribution is 2.32. The molecule has 0 unspecified atom stereocenters. The summed E-state index contributed by atoms with van der Waals surface area (Å²) in [5.74, 6) is -0.580. The molecule has 0 aliphatic carbocycles. The van der Waals surface area contributed by atoms with Gasteiger partial charge in [-0.3, -0.25) is 4.79 Å². The Morgan fingerprint density at radius 2 is 1.73 bits per heavy atom. The van der Waals surface area contributed by atoms with Crippen LogP contribution in [0.5, 0.6) is 0 Å². The highest BCUT2D eigenvalue weighted by atomic mass is 19.4. The van der Waals surface area contributed by atoms with Crippen molar-refractivity contribution in [3.8, 4) is 0 Å². The van der Waals surface area contributed by atoms with E-state index in [4.69, 9.17) is 0 Å². The van der Waals surface area contributed by atoms with E-state index in [-0.39, 0.29) is 11.6 Å². The molecule has 1 amide bonds. The first-order valence-corrected chi connectivity index (χ1v) is 9.96. The van der Waals surface area contributed by atoms with Gasteiger partial charge in [-0.25, -0.2) is 0 Å². The van der Waals surface area contributed by atoms with E-state index < -0.39 is 17.6 Å². The predicted molar refractivity (Wildman–Crippen MR) is 114 cm³/mol. The van der Waals surface area contributed by atoms with Crippen molar-refractivity contribution in [1.29, 1.82) is 0 Å². The molecule has 30 heavy (non-hydrogen) atoms. The molecule has 1 aliphatic heterocycles. The summed E-state index contributed by atoms with van der Waals surface area (Å²) in [7, 11) is 2.09. The van der Waals surface area contributed by atoms with Gasteiger partial charge >= 0.3 is 6.18 Å². The molecular weight excluding hydrogens is 393 g/mol. The van der Waals surface area contributed by atoms with Crippen LogP contribution in [0.25, 0.3) is 0 Å². The number of anilines is 3. The molecule has 0 spiro atoms. The third-order valence-corrected chi connectivity index (χ3v) is 4.99. The fourth-order valence-electron chi connectivity index (χ4n) is 3.40. The van der Waals surface area contributed by atoms with Gasteiger partial charge in [-0.05, 0) is 57.3 Å². The first-order valence-electron chi connectivity index (χ1n) is 9.96. The zero-order chi connectivity index (χ0) is 21.9. The molecule has 3 rings (SSSR count). The lowest BCUT2D eigenvalue weighted by atomic mass is 10.1. The molecule has 1 fully saturated rings. The molecule has 1 saturated heterocycles. The lowest BCUT2D eigenvalue weighted by Crippen LogP contribution is -2.44. The van der Waals surface area contributed by atoms with E-state index in [1.165, 1.54) is 12.1 Å². The van der Waals surface area contributed by atoms with Crippen LogP contribution in [0.4, 0.5) is 30.2 Å². The fraction of sp³-hybridized carbons (Fsp3) is 0.409. The van der Waals surface area contributed by atoms with Crippen LogP contribution in [-0.2, 0) is 6.18 Å². The van der Waals surface area contributed by atoms with E-state index in [2.05, 4.69) is 27.5 Å². The minimum atomic E-state index is -4.49. The molecule has 2 aromatic carbocycles. The van der Waals surface area contributed by atoms with Crippen LogP contribution in [0.3, 0.4) is 0 Å².